The Morgan fingerprint density at radius 1 is 1.00 bits per heavy atom. The zero-order valence-corrected chi connectivity index (χ0v) is 16.8. The van der Waals surface area contributed by atoms with E-state index in [1.807, 2.05) is 0 Å². The van der Waals surface area contributed by atoms with Gasteiger partial charge in [-0.25, -0.2) is 9.18 Å². The van der Waals surface area contributed by atoms with Crippen molar-refractivity contribution in [1.29, 1.82) is 0 Å². The number of rotatable bonds is 7. The van der Waals surface area contributed by atoms with Gasteiger partial charge in [0.1, 0.15) is 11.7 Å². The highest BCUT2D eigenvalue weighted by molar-refractivity contribution is 6.09. The molecule has 0 saturated heterocycles. The van der Waals surface area contributed by atoms with Crippen LogP contribution in [0.1, 0.15) is 51.0 Å². The molecule has 5 nitrogen and oxygen atoms in total. The van der Waals surface area contributed by atoms with Crippen LogP contribution in [-0.4, -0.2) is 30.9 Å². The number of hydrogen-bond donors (Lipinski definition) is 0. The third kappa shape index (κ3) is 3.98. The van der Waals surface area contributed by atoms with Crippen molar-refractivity contribution in [2.24, 2.45) is 22.7 Å². The maximum absolute atomic E-state index is 13.6. The fourth-order valence-electron chi connectivity index (χ4n) is 4.12. The number of aliphatic imine (C=N–C) groups is 1. The lowest BCUT2D eigenvalue weighted by molar-refractivity contribution is -0.146. The number of nitrogens with zero attached hydrogens (tertiary/aromatic N) is 1. The molecule has 1 aliphatic heterocycles. The first-order chi connectivity index (χ1) is 14.0. The highest BCUT2D eigenvalue weighted by Crippen LogP contribution is 2.50. The van der Waals surface area contributed by atoms with Crippen LogP contribution >= 0.6 is 0 Å². The average Bonchev–Trinajstić information content (AvgIpc) is 3.60. The fourth-order valence-corrected chi connectivity index (χ4v) is 4.12. The molecular formula is C23H26FNO4. The highest BCUT2D eigenvalue weighted by atomic mass is 19.1. The predicted molar refractivity (Wildman–Crippen MR) is 106 cm³/mol. The molecule has 0 aromatic heterocycles. The molecule has 154 valence electrons. The average molecular weight is 399 g/mol. The molecule has 0 bridgehead atoms. The molecule has 4 rings (SSSR count). The van der Waals surface area contributed by atoms with Gasteiger partial charge in [-0.3, -0.25) is 9.79 Å². The lowest BCUT2D eigenvalue weighted by Gasteiger charge is -2.33. The van der Waals surface area contributed by atoms with E-state index in [1.54, 1.807) is 26.0 Å². The lowest BCUT2D eigenvalue weighted by Crippen LogP contribution is -2.39. The Bertz CT molecular complexity index is 865. The van der Waals surface area contributed by atoms with Crippen molar-refractivity contribution in [2.75, 3.05) is 13.2 Å². The number of allylic oxidation sites excluding steroid dienone is 1. The van der Waals surface area contributed by atoms with Crippen molar-refractivity contribution in [3.05, 3.63) is 46.9 Å². The predicted octanol–water partition coefficient (Wildman–Crippen LogP) is 4.18. The molecule has 3 aliphatic rings. The van der Waals surface area contributed by atoms with E-state index in [9.17, 15) is 14.0 Å². The Hall–Kier alpha value is -2.50. The molecule has 2 unspecified atom stereocenters. The summed E-state index contributed by atoms with van der Waals surface area (Å²) in [6.45, 7) is 4.00. The molecule has 0 N–H and O–H groups in total. The molecule has 0 amide bonds. The first-order valence-corrected chi connectivity index (χ1v) is 10.5. The molecule has 1 aromatic carbocycles. The third-order valence-electron chi connectivity index (χ3n) is 5.71. The summed E-state index contributed by atoms with van der Waals surface area (Å²) in [6, 6.07) is 6.01. The van der Waals surface area contributed by atoms with Crippen LogP contribution in [0, 0.1) is 23.6 Å². The number of esters is 2. The summed E-state index contributed by atoms with van der Waals surface area (Å²) in [7, 11) is 0. The second kappa shape index (κ2) is 8.09. The van der Waals surface area contributed by atoms with Crippen molar-refractivity contribution in [2.45, 2.75) is 45.4 Å². The highest BCUT2D eigenvalue weighted by Gasteiger charge is 2.50. The van der Waals surface area contributed by atoms with E-state index < -0.39 is 17.8 Å². The monoisotopic (exact) mass is 399 g/mol. The number of benzene rings is 1. The molecule has 0 radical (unpaired) electrons. The summed E-state index contributed by atoms with van der Waals surface area (Å²) in [5.41, 5.74) is 2.70. The van der Waals surface area contributed by atoms with Crippen molar-refractivity contribution in [3.8, 4) is 0 Å². The summed E-state index contributed by atoms with van der Waals surface area (Å²) < 4.78 is 24.4. The van der Waals surface area contributed by atoms with Gasteiger partial charge in [-0.05, 0) is 63.1 Å². The van der Waals surface area contributed by atoms with Crippen molar-refractivity contribution >= 4 is 17.7 Å². The summed E-state index contributed by atoms with van der Waals surface area (Å²) in [6.07, 6.45) is 3.91. The summed E-state index contributed by atoms with van der Waals surface area (Å²) >= 11 is 0. The molecule has 2 aliphatic carbocycles. The van der Waals surface area contributed by atoms with Crippen LogP contribution in [0.4, 0.5) is 4.39 Å². The van der Waals surface area contributed by atoms with Gasteiger partial charge in [-0.15, -0.1) is 0 Å². The molecule has 1 aromatic rings. The molecule has 6 heteroatoms. The van der Waals surface area contributed by atoms with Crippen LogP contribution in [0.2, 0.25) is 0 Å². The first-order valence-electron chi connectivity index (χ1n) is 10.5. The van der Waals surface area contributed by atoms with Gasteiger partial charge >= 0.3 is 11.9 Å². The number of hydrogen-bond acceptors (Lipinski definition) is 5. The molecule has 2 saturated carbocycles. The smallest absolute Gasteiger partial charge is 0.336 e. The number of carbonyl (C=O) groups excluding carboxylic acids is 2. The van der Waals surface area contributed by atoms with Gasteiger partial charge < -0.3 is 9.47 Å². The fraction of sp³-hybridized carbons (Fsp3) is 0.522. The Balaban J connectivity index is 1.89. The van der Waals surface area contributed by atoms with Crippen molar-refractivity contribution < 1.29 is 23.5 Å². The lowest BCUT2D eigenvalue weighted by atomic mass is 9.73. The van der Waals surface area contributed by atoms with E-state index in [1.165, 1.54) is 12.1 Å². The van der Waals surface area contributed by atoms with Gasteiger partial charge in [-0.1, -0.05) is 12.1 Å². The molecule has 29 heavy (non-hydrogen) atoms. The van der Waals surface area contributed by atoms with Crippen LogP contribution in [-0.2, 0) is 19.1 Å². The van der Waals surface area contributed by atoms with E-state index in [0.717, 1.165) is 37.1 Å². The topological polar surface area (TPSA) is 65.0 Å². The minimum absolute atomic E-state index is 0.217. The zero-order valence-electron chi connectivity index (χ0n) is 16.8. The van der Waals surface area contributed by atoms with E-state index in [-0.39, 0.29) is 36.8 Å². The largest absolute Gasteiger partial charge is 0.465 e. The van der Waals surface area contributed by atoms with Crippen LogP contribution in [0.3, 0.4) is 0 Å². The van der Waals surface area contributed by atoms with E-state index in [2.05, 4.69) is 0 Å². The first kappa shape index (κ1) is 19.8. The van der Waals surface area contributed by atoms with E-state index in [0.29, 0.717) is 11.1 Å². The summed E-state index contributed by atoms with van der Waals surface area (Å²) in [4.78, 5) is 31.0. The van der Waals surface area contributed by atoms with Crippen molar-refractivity contribution in [3.63, 3.8) is 0 Å². The second-order valence-electron chi connectivity index (χ2n) is 7.86. The Morgan fingerprint density at radius 2 is 1.62 bits per heavy atom. The number of carbonyl (C=O) groups is 2. The van der Waals surface area contributed by atoms with Crippen molar-refractivity contribution in [1.82, 2.24) is 0 Å². The van der Waals surface area contributed by atoms with Gasteiger partial charge in [0.15, 0.2) is 0 Å². The van der Waals surface area contributed by atoms with Crippen LogP contribution in [0.15, 0.2) is 40.5 Å². The van der Waals surface area contributed by atoms with Crippen LogP contribution in [0.5, 0.6) is 0 Å². The molecule has 0 spiro atoms. The standard InChI is InChI=1S/C23H26FNO4/c1-3-28-22(26)18-17(13-9-11-16(24)12-10-13)19(23(27)29-4-2)21(15-7-8-15)25-20(18)14-5-6-14/h9-12,14-15,17-18H,3-8H2,1-2H3. The third-order valence-corrected chi connectivity index (χ3v) is 5.71. The molecule has 2 atom stereocenters. The molecule has 2 fully saturated rings. The summed E-state index contributed by atoms with van der Waals surface area (Å²) in [5, 5.41) is 0. The Kier molecular flexibility index (Phi) is 5.52. The van der Waals surface area contributed by atoms with Gasteiger partial charge in [0.2, 0.25) is 0 Å². The second-order valence-corrected chi connectivity index (χ2v) is 7.86. The van der Waals surface area contributed by atoms with Crippen LogP contribution in [0.25, 0.3) is 0 Å². The van der Waals surface area contributed by atoms with Gasteiger partial charge in [-0.2, -0.15) is 0 Å². The minimum Gasteiger partial charge on any atom is -0.465 e. The Labute approximate surface area is 170 Å². The van der Waals surface area contributed by atoms with Crippen LogP contribution < -0.4 is 0 Å². The maximum Gasteiger partial charge on any atom is 0.336 e. The van der Waals surface area contributed by atoms with Gasteiger partial charge in [0.25, 0.3) is 0 Å². The SMILES string of the molecule is CCOC(=O)C1=C(C2CC2)N=C(C2CC2)C(C(=O)OCC)C1c1ccc(F)cc1. The van der Waals surface area contributed by atoms with E-state index >= 15 is 0 Å². The maximum atomic E-state index is 13.6. The quantitative estimate of drug-likeness (QED) is 0.645. The normalized spacial score (nSPS) is 24.2. The van der Waals surface area contributed by atoms with Gasteiger partial charge in [0.05, 0.1) is 24.5 Å². The summed E-state index contributed by atoms with van der Waals surface area (Å²) in [5.74, 6) is -2.00. The molecular weight excluding hydrogens is 373 g/mol. The van der Waals surface area contributed by atoms with E-state index in [4.69, 9.17) is 14.5 Å². The Morgan fingerprint density at radius 3 is 2.17 bits per heavy atom. The number of ether oxygens (including phenoxy) is 2. The molecule has 1 heterocycles. The minimum atomic E-state index is -0.685. The number of halogens is 1. The van der Waals surface area contributed by atoms with Gasteiger partial charge in [0, 0.05) is 17.5 Å². The zero-order chi connectivity index (χ0) is 20.5.